The van der Waals surface area contributed by atoms with Crippen LogP contribution in [0, 0.1) is 13.8 Å². The van der Waals surface area contributed by atoms with E-state index < -0.39 is 0 Å². The molecule has 0 N–H and O–H groups in total. The van der Waals surface area contributed by atoms with Crippen molar-refractivity contribution in [1.29, 1.82) is 0 Å². The maximum atomic E-state index is 5.48. The largest absolute Gasteiger partial charge is 0.496 e. The Labute approximate surface area is 153 Å². The standard InChI is InChI=1S/C21H23N3O2/c1-14-10-17(11-15(2)21(14)25-3)16-4-5-18-19(12-16)23-20(13-22-18)24-6-8-26-9-7-24/h4-5,10-13H,6-9H2,1-3H3. The fourth-order valence-electron chi connectivity index (χ4n) is 3.56. The summed E-state index contributed by atoms with van der Waals surface area (Å²) in [7, 11) is 1.72. The lowest BCUT2D eigenvalue weighted by molar-refractivity contribution is 0.122. The minimum absolute atomic E-state index is 0.740. The molecule has 3 aromatic rings. The number of anilines is 1. The van der Waals surface area contributed by atoms with Gasteiger partial charge in [-0.3, -0.25) is 4.98 Å². The molecule has 1 aliphatic heterocycles. The number of ether oxygens (including phenoxy) is 2. The van der Waals surface area contributed by atoms with Crippen LogP contribution in [0.15, 0.2) is 36.5 Å². The second-order valence-electron chi connectivity index (χ2n) is 6.67. The Kier molecular flexibility index (Phi) is 4.47. The van der Waals surface area contributed by atoms with Crippen LogP contribution in [0.4, 0.5) is 5.82 Å². The number of methoxy groups -OCH3 is 1. The molecule has 0 unspecified atom stereocenters. The first kappa shape index (κ1) is 16.8. The van der Waals surface area contributed by atoms with Crippen molar-refractivity contribution in [2.75, 3.05) is 38.3 Å². The molecule has 5 nitrogen and oxygen atoms in total. The summed E-state index contributed by atoms with van der Waals surface area (Å²) in [5, 5.41) is 0. The van der Waals surface area contributed by atoms with Crippen LogP contribution in [0.5, 0.6) is 5.75 Å². The van der Waals surface area contributed by atoms with Gasteiger partial charge in [0.1, 0.15) is 11.6 Å². The van der Waals surface area contributed by atoms with Crippen molar-refractivity contribution in [2.45, 2.75) is 13.8 Å². The molecule has 0 amide bonds. The number of aromatic nitrogens is 2. The van der Waals surface area contributed by atoms with Gasteiger partial charge in [0.15, 0.2) is 0 Å². The predicted molar refractivity (Wildman–Crippen MR) is 104 cm³/mol. The highest BCUT2D eigenvalue weighted by Crippen LogP contribution is 2.31. The number of fused-ring (bicyclic) bond motifs is 1. The number of rotatable bonds is 3. The quantitative estimate of drug-likeness (QED) is 0.720. The number of benzene rings is 2. The summed E-state index contributed by atoms with van der Waals surface area (Å²) in [4.78, 5) is 11.7. The van der Waals surface area contributed by atoms with E-state index in [9.17, 15) is 0 Å². The van der Waals surface area contributed by atoms with Crippen LogP contribution in [-0.2, 0) is 4.74 Å². The van der Waals surface area contributed by atoms with E-state index in [2.05, 4.69) is 48.0 Å². The highest BCUT2D eigenvalue weighted by molar-refractivity contribution is 5.82. The second-order valence-corrected chi connectivity index (χ2v) is 6.67. The molecule has 0 atom stereocenters. The van der Waals surface area contributed by atoms with E-state index in [0.29, 0.717) is 0 Å². The summed E-state index contributed by atoms with van der Waals surface area (Å²) >= 11 is 0. The van der Waals surface area contributed by atoms with Gasteiger partial charge in [0.05, 0.1) is 37.6 Å². The van der Waals surface area contributed by atoms with Crippen LogP contribution in [0.1, 0.15) is 11.1 Å². The first-order valence-electron chi connectivity index (χ1n) is 8.91. The van der Waals surface area contributed by atoms with E-state index in [4.69, 9.17) is 14.5 Å². The molecule has 1 saturated heterocycles. The molecule has 4 rings (SSSR count). The second kappa shape index (κ2) is 6.92. The van der Waals surface area contributed by atoms with Gasteiger partial charge in [-0.05, 0) is 60.4 Å². The monoisotopic (exact) mass is 349 g/mol. The van der Waals surface area contributed by atoms with Crippen LogP contribution < -0.4 is 9.64 Å². The van der Waals surface area contributed by atoms with Gasteiger partial charge in [-0.15, -0.1) is 0 Å². The van der Waals surface area contributed by atoms with E-state index in [1.165, 1.54) is 5.56 Å². The third kappa shape index (κ3) is 3.10. The summed E-state index contributed by atoms with van der Waals surface area (Å²) in [6.45, 7) is 7.35. The molecule has 134 valence electrons. The van der Waals surface area contributed by atoms with Crippen LogP contribution in [-0.4, -0.2) is 43.4 Å². The summed E-state index contributed by atoms with van der Waals surface area (Å²) in [6, 6.07) is 10.6. The predicted octanol–water partition coefficient (Wildman–Crippen LogP) is 3.76. The molecule has 0 bridgehead atoms. The van der Waals surface area contributed by atoms with Crippen molar-refractivity contribution < 1.29 is 9.47 Å². The number of nitrogens with zero attached hydrogens (tertiary/aromatic N) is 3. The van der Waals surface area contributed by atoms with E-state index in [1.54, 1.807) is 7.11 Å². The van der Waals surface area contributed by atoms with Gasteiger partial charge in [0, 0.05) is 13.1 Å². The third-order valence-electron chi connectivity index (χ3n) is 4.86. The number of hydrogen-bond donors (Lipinski definition) is 0. The SMILES string of the molecule is COc1c(C)cc(-c2ccc3ncc(N4CCOCC4)nc3c2)cc1C. The lowest BCUT2D eigenvalue weighted by Crippen LogP contribution is -2.36. The average Bonchev–Trinajstić information content (AvgIpc) is 2.67. The summed E-state index contributed by atoms with van der Waals surface area (Å²) in [5.41, 5.74) is 6.40. The van der Waals surface area contributed by atoms with Crippen molar-refractivity contribution in [3.63, 3.8) is 0 Å². The van der Waals surface area contributed by atoms with Crippen LogP contribution in [0.3, 0.4) is 0 Å². The van der Waals surface area contributed by atoms with Gasteiger partial charge < -0.3 is 14.4 Å². The van der Waals surface area contributed by atoms with Crippen molar-refractivity contribution in [3.8, 4) is 16.9 Å². The molecular formula is C21H23N3O2. The third-order valence-corrected chi connectivity index (χ3v) is 4.86. The average molecular weight is 349 g/mol. The normalized spacial score (nSPS) is 14.7. The maximum Gasteiger partial charge on any atom is 0.148 e. The Morgan fingerprint density at radius 3 is 2.38 bits per heavy atom. The molecule has 26 heavy (non-hydrogen) atoms. The molecule has 1 aromatic heterocycles. The van der Waals surface area contributed by atoms with Crippen LogP contribution >= 0.6 is 0 Å². The highest BCUT2D eigenvalue weighted by atomic mass is 16.5. The van der Waals surface area contributed by atoms with Crippen molar-refractivity contribution in [3.05, 3.63) is 47.7 Å². The summed E-state index contributed by atoms with van der Waals surface area (Å²) < 4.78 is 10.9. The van der Waals surface area contributed by atoms with Gasteiger partial charge in [0.2, 0.25) is 0 Å². The highest BCUT2D eigenvalue weighted by Gasteiger charge is 2.14. The first-order valence-corrected chi connectivity index (χ1v) is 8.91. The Morgan fingerprint density at radius 2 is 1.69 bits per heavy atom. The number of morpholine rings is 1. The minimum Gasteiger partial charge on any atom is -0.496 e. The smallest absolute Gasteiger partial charge is 0.148 e. The molecule has 0 spiro atoms. The van der Waals surface area contributed by atoms with Gasteiger partial charge >= 0.3 is 0 Å². The molecule has 0 aliphatic carbocycles. The number of hydrogen-bond acceptors (Lipinski definition) is 5. The zero-order chi connectivity index (χ0) is 18.1. The van der Waals surface area contributed by atoms with Crippen molar-refractivity contribution in [1.82, 2.24) is 9.97 Å². The zero-order valence-electron chi connectivity index (χ0n) is 15.5. The van der Waals surface area contributed by atoms with E-state index in [-0.39, 0.29) is 0 Å². The molecule has 0 saturated carbocycles. The fourth-order valence-corrected chi connectivity index (χ4v) is 3.56. The van der Waals surface area contributed by atoms with Crippen molar-refractivity contribution in [2.24, 2.45) is 0 Å². The topological polar surface area (TPSA) is 47.5 Å². The van der Waals surface area contributed by atoms with Crippen molar-refractivity contribution >= 4 is 16.9 Å². The first-order chi connectivity index (χ1) is 12.7. The lowest BCUT2D eigenvalue weighted by Gasteiger charge is -2.27. The molecular weight excluding hydrogens is 326 g/mol. The van der Waals surface area contributed by atoms with Crippen LogP contribution in [0.2, 0.25) is 0 Å². The minimum atomic E-state index is 0.740. The van der Waals surface area contributed by atoms with E-state index >= 15 is 0 Å². The molecule has 2 heterocycles. The van der Waals surface area contributed by atoms with Gasteiger partial charge in [0.25, 0.3) is 0 Å². The molecule has 2 aromatic carbocycles. The van der Waals surface area contributed by atoms with Gasteiger partial charge in [-0.2, -0.15) is 0 Å². The molecule has 5 heteroatoms. The van der Waals surface area contributed by atoms with Gasteiger partial charge in [-0.1, -0.05) is 6.07 Å². The zero-order valence-corrected chi connectivity index (χ0v) is 15.5. The Morgan fingerprint density at radius 1 is 0.962 bits per heavy atom. The Bertz CT molecular complexity index is 926. The Balaban J connectivity index is 1.74. The van der Waals surface area contributed by atoms with E-state index in [1.807, 2.05) is 12.3 Å². The lowest BCUT2D eigenvalue weighted by atomic mass is 9.99. The maximum absolute atomic E-state index is 5.48. The fraction of sp³-hybridized carbons (Fsp3) is 0.333. The molecule has 1 fully saturated rings. The Hall–Kier alpha value is -2.66. The summed E-state index contributed by atoms with van der Waals surface area (Å²) in [6.07, 6.45) is 1.86. The summed E-state index contributed by atoms with van der Waals surface area (Å²) in [5.74, 6) is 1.86. The van der Waals surface area contributed by atoms with E-state index in [0.717, 1.165) is 65.6 Å². The van der Waals surface area contributed by atoms with Crippen LogP contribution in [0.25, 0.3) is 22.2 Å². The van der Waals surface area contributed by atoms with Gasteiger partial charge in [-0.25, -0.2) is 4.98 Å². The number of aryl methyl sites for hydroxylation is 2. The molecule has 0 radical (unpaired) electrons. The molecule has 1 aliphatic rings.